The van der Waals surface area contributed by atoms with Crippen LogP contribution in [0.2, 0.25) is 5.02 Å². The van der Waals surface area contributed by atoms with Gasteiger partial charge in [0.25, 0.3) is 0 Å². The van der Waals surface area contributed by atoms with Gasteiger partial charge in [-0.15, -0.1) is 0 Å². The van der Waals surface area contributed by atoms with Crippen LogP contribution in [-0.4, -0.2) is 16.3 Å². The molecule has 1 N–H and O–H groups in total. The van der Waals surface area contributed by atoms with Crippen LogP contribution in [0.25, 0.3) is 0 Å². The summed E-state index contributed by atoms with van der Waals surface area (Å²) in [5, 5.41) is 7.97. The number of aromatic nitrogens is 2. The Labute approximate surface area is 130 Å². The SMILES string of the molecule is CCCNC(c1cccc(F)c1Cl)c1ccnn1CCC. The van der Waals surface area contributed by atoms with E-state index in [0.29, 0.717) is 0 Å². The number of halogens is 2. The van der Waals surface area contributed by atoms with Crippen molar-refractivity contribution in [3.63, 3.8) is 0 Å². The molecule has 2 aromatic rings. The molecule has 0 bridgehead atoms. The quantitative estimate of drug-likeness (QED) is 0.831. The lowest BCUT2D eigenvalue weighted by atomic mass is 10.0. The van der Waals surface area contributed by atoms with Crippen molar-refractivity contribution < 1.29 is 4.39 Å². The van der Waals surface area contributed by atoms with Crippen LogP contribution in [0.4, 0.5) is 4.39 Å². The van der Waals surface area contributed by atoms with E-state index >= 15 is 0 Å². The molecule has 1 unspecified atom stereocenters. The third-order valence-electron chi connectivity index (χ3n) is 3.37. The van der Waals surface area contributed by atoms with Gasteiger partial charge >= 0.3 is 0 Å². The second-order valence-corrected chi connectivity index (χ2v) is 5.39. The van der Waals surface area contributed by atoms with Gasteiger partial charge < -0.3 is 5.32 Å². The maximum atomic E-state index is 13.8. The minimum atomic E-state index is -0.390. The molecule has 1 aromatic heterocycles. The number of nitrogens with zero attached hydrogens (tertiary/aromatic N) is 2. The van der Waals surface area contributed by atoms with Crippen LogP contribution in [0.1, 0.15) is 44.0 Å². The van der Waals surface area contributed by atoms with Gasteiger partial charge in [-0.1, -0.05) is 37.6 Å². The maximum Gasteiger partial charge on any atom is 0.142 e. The summed E-state index contributed by atoms with van der Waals surface area (Å²) in [4.78, 5) is 0. The molecule has 0 saturated carbocycles. The van der Waals surface area contributed by atoms with E-state index in [-0.39, 0.29) is 16.9 Å². The molecular weight excluding hydrogens is 289 g/mol. The first-order chi connectivity index (χ1) is 10.2. The lowest BCUT2D eigenvalue weighted by Crippen LogP contribution is -2.26. The second kappa shape index (κ2) is 7.57. The van der Waals surface area contributed by atoms with E-state index in [1.807, 2.05) is 16.8 Å². The minimum Gasteiger partial charge on any atom is -0.305 e. The summed E-state index contributed by atoms with van der Waals surface area (Å²) in [5.41, 5.74) is 1.76. The van der Waals surface area contributed by atoms with Crippen LogP contribution in [-0.2, 0) is 6.54 Å². The van der Waals surface area contributed by atoms with Crippen molar-refractivity contribution in [2.24, 2.45) is 0 Å². The summed E-state index contributed by atoms with van der Waals surface area (Å²) < 4.78 is 15.7. The molecule has 3 nitrogen and oxygen atoms in total. The number of hydrogen-bond acceptors (Lipinski definition) is 2. The average Bonchev–Trinajstić information content (AvgIpc) is 2.92. The van der Waals surface area contributed by atoms with Crippen molar-refractivity contribution >= 4 is 11.6 Å². The first-order valence-electron chi connectivity index (χ1n) is 7.38. The molecule has 21 heavy (non-hydrogen) atoms. The van der Waals surface area contributed by atoms with E-state index in [0.717, 1.165) is 37.2 Å². The molecule has 0 amide bonds. The highest BCUT2D eigenvalue weighted by atomic mass is 35.5. The molecule has 0 aliphatic carbocycles. The second-order valence-electron chi connectivity index (χ2n) is 5.01. The zero-order valence-electron chi connectivity index (χ0n) is 12.4. The predicted molar refractivity (Wildman–Crippen MR) is 84.1 cm³/mol. The Morgan fingerprint density at radius 2 is 2.10 bits per heavy atom. The van der Waals surface area contributed by atoms with Crippen molar-refractivity contribution in [3.05, 3.63) is 52.6 Å². The number of benzene rings is 1. The van der Waals surface area contributed by atoms with Crippen LogP contribution in [0.15, 0.2) is 30.5 Å². The molecule has 0 saturated heterocycles. The molecule has 5 heteroatoms. The highest BCUT2D eigenvalue weighted by molar-refractivity contribution is 6.31. The van der Waals surface area contributed by atoms with Crippen LogP contribution in [0, 0.1) is 5.82 Å². The van der Waals surface area contributed by atoms with Gasteiger partial charge in [-0.3, -0.25) is 4.68 Å². The molecule has 0 radical (unpaired) electrons. The van der Waals surface area contributed by atoms with E-state index in [1.165, 1.54) is 6.07 Å². The average molecular weight is 310 g/mol. The van der Waals surface area contributed by atoms with Crippen LogP contribution in [0.3, 0.4) is 0 Å². The maximum absolute atomic E-state index is 13.8. The molecule has 1 heterocycles. The fraction of sp³-hybridized carbons (Fsp3) is 0.438. The summed E-state index contributed by atoms with van der Waals surface area (Å²) in [7, 11) is 0. The first-order valence-corrected chi connectivity index (χ1v) is 7.75. The van der Waals surface area contributed by atoms with Crippen molar-refractivity contribution in [1.29, 1.82) is 0 Å². The largest absolute Gasteiger partial charge is 0.305 e. The lowest BCUT2D eigenvalue weighted by molar-refractivity contribution is 0.509. The van der Waals surface area contributed by atoms with Gasteiger partial charge in [-0.05, 0) is 37.1 Å². The summed E-state index contributed by atoms with van der Waals surface area (Å²) in [6, 6.07) is 6.75. The monoisotopic (exact) mass is 309 g/mol. The number of aryl methyl sites for hydroxylation is 1. The molecular formula is C16H21ClFN3. The third kappa shape index (κ3) is 3.63. The van der Waals surface area contributed by atoms with E-state index in [2.05, 4.69) is 24.3 Å². The van der Waals surface area contributed by atoms with Gasteiger partial charge in [0.05, 0.1) is 16.8 Å². The number of nitrogens with one attached hydrogen (secondary N) is 1. The zero-order chi connectivity index (χ0) is 15.2. The molecule has 0 fully saturated rings. The topological polar surface area (TPSA) is 29.9 Å². The van der Waals surface area contributed by atoms with Gasteiger partial charge in [-0.25, -0.2) is 4.39 Å². The predicted octanol–water partition coefficient (Wildman–Crippen LogP) is 4.17. The summed E-state index contributed by atoms with van der Waals surface area (Å²) in [6.07, 6.45) is 3.76. The molecule has 0 aliphatic heterocycles. The Morgan fingerprint density at radius 3 is 2.81 bits per heavy atom. The van der Waals surface area contributed by atoms with Crippen molar-refractivity contribution in [2.75, 3.05) is 6.54 Å². The molecule has 0 spiro atoms. The molecule has 0 aliphatic rings. The van der Waals surface area contributed by atoms with Crippen molar-refractivity contribution in [2.45, 2.75) is 39.3 Å². The van der Waals surface area contributed by atoms with Crippen LogP contribution in [0.5, 0.6) is 0 Å². The first kappa shape index (κ1) is 16.0. The van der Waals surface area contributed by atoms with Gasteiger partial charge in [0.2, 0.25) is 0 Å². The fourth-order valence-corrected chi connectivity index (χ4v) is 2.63. The van der Waals surface area contributed by atoms with Gasteiger partial charge in [-0.2, -0.15) is 5.10 Å². The summed E-state index contributed by atoms with van der Waals surface area (Å²) in [5.74, 6) is -0.390. The van der Waals surface area contributed by atoms with E-state index in [9.17, 15) is 4.39 Å². The van der Waals surface area contributed by atoms with Crippen LogP contribution < -0.4 is 5.32 Å². The van der Waals surface area contributed by atoms with Gasteiger partial charge in [0.15, 0.2) is 0 Å². The molecule has 114 valence electrons. The van der Waals surface area contributed by atoms with Crippen molar-refractivity contribution in [3.8, 4) is 0 Å². The molecule has 1 atom stereocenters. The van der Waals surface area contributed by atoms with Gasteiger partial charge in [0, 0.05) is 12.7 Å². The number of hydrogen-bond donors (Lipinski definition) is 1. The third-order valence-corrected chi connectivity index (χ3v) is 3.77. The summed E-state index contributed by atoms with van der Waals surface area (Å²) >= 11 is 6.17. The standard InChI is InChI=1S/C16H21ClFN3/c1-3-9-19-16(12-6-5-7-13(18)15(12)17)14-8-10-20-21(14)11-4-2/h5-8,10,16,19H,3-4,9,11H2,1-2H3. The Balaban J connectivity index is 2.42. The fourth-order valence-electron chi connectivity index (χ4n) is 2.39. The van der Waals surface area contributed by atoms with Crippen LogP contribution >= 0.6 is 11.6 Å². The highest BCUT2D eigenvalue weighted by Crippen LogP contribution is 2.30. The Hall–Kier alpha value is -1.39. The Bertz CT molecular complexity index is 583. The number of rotatable bonds is 7. The summed E-state index contributed by atoms with van der Waals surface area (Å²) in [6.45, 7) is 5.87. The smallest absolute Gasteiger partial charge is 0.142 e. The molecule has 2 rings (SSSR count). The Morgan fingerprint density at radius 1 is 1.29 bits per heavy atom. The molecule has 1 aromatic carbocycles. The normalized spacial score (nSPS) is 12.6. The highest BCUT2D eigenvalue weighted by Gasteiger charge is 2.21. The Kier molecular flexibility index (Phi) is 5.76. The lowest BCUT2D eigenvalue weighted by Gasteiger charge is -2.21. The van der Waals surface area contributed by atoms with E-state index in [1.54, 1.807) is 12.3 Å². The van der Waals surface area contributed by atoms with Crippen molar-refractivity contribution in [1.82, 2.24) is 15.1 Å². The minimum absolute atomic E-state index is 0.151. The van der Waals surface area contributed by atoms with Gasteiger partial charge in [0.1, 0.15) is 5.82 Å². The van der Waals surface area contributed by atoms with E-state index < -0.39 is 0 Å². The van der Waals surface area contributed by atoms with E-state index in [4.69, 9.17) is 11.6 Å². The zero-order valence-corrected chi connectivity index (χ0v) is 13.2.